The first-order valence-electron chi connectivity index (χ1n) is 8.13. The molecular formula is C19H22FN3O2. The molecule has 2 rings (SSSR count). The van der Waals surface area contributed by atoms with Crippen LogP contribution in [0.2, 0.25) is 0 Å². The lowest BCUT2D eigenvalue weighted by Gasteiger charge is -2.11. The van der Waals surface area contributed by atoms with Crippen molar-refractivity contribution in [2.24, 2.45) is 0 Å². The predicted octanol–water partition coefficient (Wildman–Crippen LogP) is 3.47. The summed E-state index contributed by atoms with van der Waals surface area (Å²) in [4.78, 5) is 16.0. The van der Waals surface area contributed by atoms with Gasteiger partial charge in [0.15, 0.2) is 11.6 Å². The van der Waals surface area contributed by atoms with Crippen molar-refractivity contribution in [3.8, 4) is 5.75 Å². The van der Waals surface area contributed by atoms with Crippen molar-refractivity contribution >= 4 is 11.7 Å². The topological polar surface area (TPSA) is 77.2 Å². The number of hydrogen-bond acceptors (Lipinski definition) is 4. The molecule has 1 aromatic carbocycles. The SMILES string of the molecule is C=CCCCCOc1cccc(CNC(=O)c2cccnc2N)c1F. The number of carbonyl (C=O) groups is 1. The van der Waals surface area contributed by atoms with Crippen LogP contribution in [0, 0.1) is 5.82 Å². The monoisotopic (exact) mass is 343 g/mol. The molecule has 3 N–H and O–H groups in total. The van der Waals surface area contributed by atoms with E-state index in [1.807, 2.05) is 6.08 Å². The van der Waals surface area contributed by atoms with Crippen LogP contribution in [0.15, 0.2) is 49.2 Å². The number of nitrogens with zero attached hydrogens (tertiary/aromatic N) is 1. The lowest BCUT2D eigenvalue weighted by molar-refractivity contribution is 0.0951. The number of benzene rings is 1. The number of halogens is 1. The van der Waals surface area contributed by atoms with Gasteiger partial charge in [-0.25, -0.2) is 9.37 Å². The van der Waals surface area contributed by atoms with E-state index in [2.05, 4.69) is 16.9 Å². The first-order valence-corrected chi connectivity index (χ1v) is 8.13. The molecule has 0 spiro atoms. The number of anilines is 1. The molecule has 0 fully saturated rings. The number of unbranched alkanes of at least 4 members (excludes halogenated alkanes) is 2. The largest absolute Gasteiger partial charge is 0.491 e. The van der Waals surface area contributed by atoms with Gasteiger partial charge in [0.25, 0.3) is 5.91 Å². The van der Waals surface area contributed by atoms with Gasteiger partial charge in [0.05, 0.1) is 12.2 Å². The molecule has 0 aliphatic rings. The van der Waals surface area contributed by atoms with Gasteiger partial charge in [0.2, 0.25) is 0 Å². The third kappa shape index (κ3) is 5.31. The fraction of sp³-hybridized carbons (Fsp3) is 0.263. The van der Waals surface area contributed by atoms with Crippen molar-refractivity contribution in [3.05, 3.63) is 66.1 Å². The third-order valence-electron chi connectivity index (χ3n) is 3.63. The van der Waals surface area contributed by atoms with Crippen LogP contribution in [0.3, 0.4) is 0 Å². The van der Waals surface area contributed by atoms with Crippen molar-refractivity contribution in [2.75, 3.05) is 12.3 Å². The summed E-state index contributed by atoms with van der Waals surface area (Å²) < 4.78 is 19.9. The van der Waals surface area contributed by atoms with Crippen molar-refractivity contribution < 1.29 is 13.9 Å². The maximum atomic E-state index is 14.5. The molecule has 0 bridgehead atoms. The van der Waals surface area contributed by atoms with Gasteiger partial charge >= 0.3 is 0 Å². The van der Waals surface area contributed by atoms with E-state index in [1.165, 1.54) is 6.20 Å². The molecule has 0 atom stereocenters. The molecule has 1 aromatic heterocycles. The van der Waals surface area contributed by atoms with E-state index in [1.54, 1.807) is 30.3 Å². The summed E-state index contributed by atoms with van der Waals surface area (Å²) in [6.45, 7) is 4.13. The molecular weight excluding hydrogens is 321 g/mol. The predicted molar refractivity (Wildman–Crippen MR) is 95.8 cm³/mol. The van der Waals surface area contributed by atoms with E-state index in [4.69, 9.17) is 10.5 Å². The van der Waals surface area contributed by atoms with Crippen LogP contribution >= 0.6 is 0 Å². The Hall–Kier alpha value is -2.89. The number of nitrogens with two attached hydrogens (primary N) is 1. The van der Waals surface area contributed by atoms with Gasteiger partial charge in [-0.2, -0.15) is 0 Å². The highest BCUT2D eigenvalue weighted by Crippen LogP contribution is 2.21. The molecule has 0 saturated carbocycles. The van der Waals surface area contributed by atoms with Crippen molar-refractivity contribution in [1.29, 1.82) is 0 Å². The highest BCUT2D eigenvalue weighted by atomic mass is 19.1. The van der Waals surface area contributed by atoms with Gasteiger partial charge in [0.1, 0.15) is 5.82 Å². The number of aromatic nitrogens is 1. The summed E-state index contributed by atoms with van der Waals surface area (Å²) in [5.41, 5.74) is 6.27. The van der Waals surface area contributed by atoms with Gasteiger partial charge in [-0.05, 0) is 37.5 Å². The number of allylic oxidation sites excluding steroid dienone is 1. The maximum Gasteiger partial charge on any atom is 0.255 e. The standard InChI is InChI=1S/C19H22FN3O2/c1-2-3-4-5-12-25-16-10-6-8-14(17(16)20)13-23-19(24)15-9-7-11-22-18(15)21/h2,6-11H,1,3-5,12-13H2,(H2,21,22)(H,23,24). The van der Waals surface area contributed by atoms with Gasteiger partial charge in [0, 0.05) is 18.3 Å². The molecule has 0 aliphatic heterocycles. The minimum absolute atomic E-state index is 0.0344. The Morgan fingerprint density at radius 3 is 2.92 bits per heavy atom. The number of ether oxygens (including phenoxy) is 1. The Kier molecular flexibility index (Phi) is 6.95. The van der Waals surface area contributed by atoms with Crippen LogP contribution in [0.1, 0.15) is 35.2 Å². The van der Waals surface area contributed by atoms with Crippen LogP contribution in [0.5, 0.6) is 5.75 Å². The zero-order chi connectivity index (χ0) is 18.1. The fourth-order valence-corrected chi connectivity index (χ4v) is 2.26. The zero-order valence-corrected chi connectivity index (χ0v) is 14.0. The Bertz CT molecular complexity index is 734. The first kappa shape index (κ1) is 18.4. The average molecular weight is 343 g/mol. The zero-order valence-electron chi connectivity index (χ0n) is 14.0. The average Bonchev–Trinajstić information content (AvgIpc) is 2.62. The Morgan fingerprint density at radius 2 is 2.16 bits per heavy atom. The molecule has 1 amide bonds. The van der Waals surface area contributed by atoms with Crippen LogP contribution < -0.4 is 15.8 Å². The molecule has 1 heterocycles. The molecule has 0 saturated heterocycles. The van der Waals surface area contributed by atoms with Crippen molar-refractivity contribution in [1.82, 2.24) is 10.3 Å². The van der Waals surface area contributed by atoms with E-state index < -0.39 is 11.7 Å². The minimum atomic E-state index is -0.467. The molecule has 0 radical (unpaired) electrons. The molecule has 2 aromatic rings. The summed E-state index contributed by atoms with van der Waals surface area (Å²) in [5.74, 6) is -0.547. The van der Waals surface area contributed by atoms with Crippen LogP contribution in [-0.4, -0.2) is 17.5 Å². The number of carbonyl (C=O) groups excluding carboxylic acids is 1. The summed E-state index contributed by atoms with van der Waals surface area (Å²) in [6.07, 6.45) is 6.04. The minimum Gasteiger partial charge on any atom is -0.491 e. The fourth-order valence-electron chi connectivity index (χ4n) is 2.26. The molecule has 132 valence electrons. The number of pyridine rings is 1. The van der Waals surface area contributed by atoms with Gasteiger partial charge in [-0.15, -0.1) is 6.58 Å². The van der Waals surface area contributed by atoms with Gasteiger partial charge in [-0.3, -0.25) is 4.79 Å². The number of hydrogen-bond donors (Lipinski definition) is 2. The van der Waals surface area contributed by atoms with Crippen molar-refractivity contribution in [3.63, 3.8) is 0 Å². The van der Waals surface area contributed by atoms with Crippen LogP contribution in [0.4, 0.5) is 10.2 Å². The summed E-state index contributed by atoms with van der Waals surface area (Å²) in [6, 6.07) is 8.06. The van der Waals surface area contributed by atoms with E-state index in [-0.39, 0.29) is 23.7 Å². The van der Waals surface area contributed by atoms with Crippen LogP contribution in [0.25, 0.3) is 0 Å². The summed E-state index contributed by atoms with van der Waals surface area (Å²) in [5, 5.41) is 2.64. The molecule has 0 aliphatic carbocycles. The summed E-state index contributed by atoms with van der Waals surface area (Å²) >= 11 is 0. The quantitative estimate of drug-likeness (QED) is 0.540. The number of amides is 1. The highest BCUT2D eigenvalue weighted by molar-refractivity contribution is 5.98. The van der Waals surface area contributed by atoms with Crippen molar-refractivity contribution in [2.45, 2.75) is 25.8 Å². The maximum absolute atomic E-state index is 14.5. The molecule has 6 heteroatoms. The van der Waals surface area contributed by atoms with E-state index >= 15 is 0 Å². The number of nitrogen functional groups attached to an aromatic ring is 1. The van der Waals surface area contributed by atoms with E-state index in [0.29, 0.717) is 12.2 Å². The lowest BCUT2D eigenvalue weighted by Crippen LogP contribution is -2.24. The highest BCUT2D eigenvalue weighted by Gasteiger charge is 2.13. The second-order valence-corrected chi connectivity index (χ2v) is 5.48. The Morgan fingerprint density at radius 1 is 1.32 bits per heavy atom. The van der Waals surface area contributed by atoms with Gasteiger partial charge in [-0.1, -0.05) is 18.2 Å². The van der Waals surface area contributed by atoms with E-state index in [9.17, 15) is 9.18 Å². The number of rotatable bonds is 9. The summed E-state index contributed by atoms with van der Waals surface area (Å²) in [7, 11) is 0. The number of nitrogens with one attached hydrogen (secondary N) is 1. The van der Waals surface area contributed by atoms with Gasteiger partial charge < -0.3 is 15.8 Å². The third-order valence-corrected chi connectivity index (χ3v) is 3.63. The molecule has 25 heavy (non-hydrogen) atoms. The Labute approximate surface area is 146 Å². The molecule has 0 unspecified atom stereocenters. The smallest absolute Gasteiger partial charge is 0.255 e. The normalized spacial score (nSPS) is 10.3. The second-order valence-electron chi connectivity index (χ2n) is 5.48. The van der Waals surface area contributed by atoms with Crippen LogP contribution in [-0.2, 0) is 6.54 Å². The lowest BCUT2D eigenvalue weighted by atomic mass is 10.2. The van der Waals surface area contributed by atoms with E-state index in [0.717, 1.165) is 19.3 Å². The Balaban J connectivity index is 1.94. The second kappa shape index (κ2) is 9.42. The first-order chi connectivity index (χ1) is 12.1. The molecule has 5 nitrogen and oxygen atoms in total.